The van der Waals surface area contributed by atoms with Gasteiger partial charge in [0.15, 0.2) is 0 Å². The molecule has 0 aromatic rings. The highest BCUT2D eigenvalue weighted by molar-refractivity contribution is 6.01. The van der Waals surface area contributed by atoms with Crippen molar-refractivity contribution in [2.75, 3.05) is 6.54 Å². The lowest BCUT2D eigenvalue weighted by atomic mass is 10.2. The second-order valence-electron chi connectivity index (χ2n) is 6.44. The fourth-order valence-corrected chi connectivity index (χ4v) is 1.15. The van der Waals surface area contributed by atoms with Crippen molar-refractivity contribution >= 4 is 24.1 Å². The molecule has 9 heteroatoms. The van der Waals surface area contributed by atoms with E-state index >= 15 is 0 Å². The van der Waals surface area contributed by atoms with E-state index in [4.69, 9.17) is 20.0 Å². The van der Waals surface area contributed by atoms with Gasteiger partial charge in [0.2, 0.25) is 5.96 Å². The molecule has 0 aliphatic heterocycles. The molecule has 0 aliphatic carbocycles. The normalized spacial score (nSPS) is 11.4. The minimum Gasteiger partial charge on any atom is -0.480 e. The first-order chi connectivity index (χ1) is 9.71. The molecule has 2 amide bonds. The van der Waals surface area contributed by atoms with Crippen molar-refractivity contribution in [3.8, 4) is 0 Å². The molecule has 0 heterocycles. The lowest BCUT2D eigenvalue weighted by molar-refractivity contribution is -0.137. The summed E-state index contributed by atoms with van der Waals surface area (Å²) in [6, 6.07) is 0. The highest BCUT2D eigenvalue weighted by atomic mass is 16.6. The Labute approximate surface area is 129 Å². The highest BCUT2D eigenvalue weighted by Crippen LogP contribution is 2.10. The van der Waals surface area contributed by atoms with Crippen LogP contribution in [0.4, 0.5) is 9.59 Å². The maximum Gasteiger partial charge on any atom is 0.417 e. The van der Waals surface area contributed by atoms with E-state index in [0.717, 1.165) is 0 Å². The third-order valence-electron chi connectivity index (χ3n) is 1.80. The van der Waals surface area contributed by atoms with Crippen LogP contribution in [0.2, 0.25) is 0 Å². The molecule has 22 heavy (non-hydrogen) atoms. The smallest absolute Gasteiger partial charge is 0.417 e. The maximum absolute atomic E-state index is 11.9. The Kier molecular flexibility index (Phi) is 6.35. The van der Waals surface area contributed by atoms with Gasteiger partial charge in [-0.3, -0.25) is 15.5 Å². The number of carboxylic acid groups (broad SMARTS) is 1. The predicted octanol–water partition coefficient (Wildman–Crippen LogP) is 1.77. The van der Waals surface area contributed by atoms with E-state index in [1.54, 1.807) is 41.5 Å². The van der Waals surface area contributed by atoms with Crippen molar-refractivity contribution in [1.82, 2.24) is 10.2 Å². The number of aliphatic carboxylic acids is 1. The molecule has 0 rings (SSSR count). The van der Waals surface area contributed by atoms with Gasteiger partial charge in [0.25, 0.3) is 0 Å². The van der Waals surface area contributed by atoms with E-state index in [1.807, 2.05) is 5.32 Å². The standard InChI is InChI=1S/C13H23N3O6/c1-12(2,3)21-10(19)15-9(14)16(7-8(17)18)11(20)22-13(4,5)6/h7H2,1-6H3,(H,17,18)(H2,14,15,19). The molecule has 126 valence electrons. The number of guanidine groups is 1. The molecule has 0 saturated carbocycles. The monoisotopic (exact) mass is 317 g/mol. The molecular weight excluding hydrogens is 294 g/mol. The van der Waals surface area contributed by atoms with Crippen LogP contribution in [-0.4, -0.2) is 51.9 Å². The van der Waals surface area contributed by atoms with E-state index < -0.39 is 41.9 Å². The Morgan fingerprint density at radius 2 is 1.50 bits per heavy atom. The highest BCUT2D eigenvalue weighted by Gasteiger charge is 2.29. The molecule has 0 aromatic carbocycles. The Balaban J connectivity index is 4.96. The van der Waals surface area contributed by atoms with Gasteiger partial charge >= 0.3 is 18.2 Å². The zero-order valence-corrected chi connectivity index (χ0v) is 13.6. The summed E-state index contributed by atoms with van der Waals surface area (Å²) in [5.74, 6) is -2.10. The average molecular weight is 317 g/mol. The van der Waals surface area contributed by atoms with Gasteiger partial charge in [-0.15, -0.1) is 0 Å². The molecule has 0 atom stereocenters. The zero-order valence-electron chi connectivity index (χ0n) is 13.6. The molecule has 0 aliphatic rings. The molecule has 0 bridgehead atoms. The number of hydrogen-bond donors (Lipinski definition) is 3. The molecule has 0 saturated heterocycles. The van der Waals surface area contributed by atoms with Gasteiger partial charge in [-0.25, -0.2) is 14.5 Å². The SMILES string of the molecule is CC(C)(C)OC(=O)NC(=N)N(CC(=O)O)C(=O)OC(C)(C)C. The van der Waals surface area contributed by atoms with Crippen molar-refractivity contribution in [2.24, 2.45) is 0 Å². The van der Waals surface area contributed by atoms with Gasteiger partial charge in [0.1, 0.15) is 17.7 Å². The number of carbonyl (C=O) groups excluding carboxylic acids is 2. The Hall–Kier alpha value is -2.32. The first kappa shape index (κ1) is 19.7. The number of nitrogens with zero attached hydrogens (tertiary/aromatic N) is 1. The van der Waals surface area contributed by atoms with E-state index in [0.29, 0.717) is 4.90 Å². The summed E-state index contributed by atoms with van der Waals surface area (Å²) in [5, 5.41) is 18.5. The van der Waals surface area contributed by atoms with Crippen LogP contribution in [-0.2, 0) is 14.3 Å². The summed E-state index contributed by atoms with van der Waals surface area (Å²) in [5.41, 5.74) is -1.67. The molecule has 0 aromatic heterocycles. The second-order valence-corrected chi connectivity index (χ2v) is 6.44. The van der Waals surface area contributed by atoms with Gasteiger partial charge in [0, 0.05) is 0 Å². The fraction of sp³-hybridized carbons (Fsp3) is 0.692. The van der Waals surface area contributed by atoms with Gasteiger partial charge in [-0.05, 0) is 41.5 Å². The number of hydrogen-bond acceptors (Lipinski definition) is 6. The summed E-state index contributed by atoms with van der Waals surface area (Å²) in [7, 11) is 0. The number of alkyl carbamates (subject to hydrolysis) is 1. The molecule has 0 fully saturated rings. The largest absolute Gasteiger partial charge is 0.480 e. The summed E-state index contributed by atoms with van der Waals surface area (Å²) < 4.78 is 9.92. The summed E-state index contributed by atoms with van der Waals surface area (Å²) in [6.07, 6.45) is -2.03. The molecule has 9 nitrogen and oxygen atoms in total. The van der Waals surface area contributed by atoms with Crippen LogP contribution in [0, 0.1) is 5.41 Å². The maximum atomic E-state index is 11.9. The molecular formula is C13H23N3O6. The topological polar surface area (TPSA) is 129 Å². The van der Waals surface area contributed by atoms with E-state index in [1.165, 1.54) is 0 Å². The third-order valence-corrected chi connectivity index (χ3v) is 1.80. The minimum absolute atomic E-state index is 0.484. The van der Waals surface area contributed by atoms with Crippen molar-refractivity contribution in [3.63, 3.8) is 0 Å². The van der Waals surface area contributed by atoms with Crippen molar-refractivity contribution in [1.29, 1.82) is 5.41 Å². The van der Waals surface area contributed by atoms with Gasteiger partial charge in [-0.2, -0.15) is 0 Å². The van der Waals surface area contributed by atoms with Crippen molar-refractivity contribution in [3.05, 3.63) is 0 Å². The molecule has 3 N–H and O–H groups in total. The van der Waals surface area contributed by atoms with Crippen LogP contribution in [0.25, 0.3) is 0 Å². The van der Waals surface area contributed by atoms with Crippen molar-refractivity contribution in [2.45, 2.75) is 52.7 Å². The Morgan fingerprint density at radius 1 is 1.05 bits per heavy atom. The minimum atomic E-state index is -1.36. The number of carbonyl (C=O) groups is 3. The number of rotatable bonds is 2. The Bertz CT molecular complexity index is 461. The zero-order chi connectivity index (χ0) is 17.7. The van der Waals surface area contributed by atoms with Gasteiger partial charge in [-0.1, -0.05) is 0 Å². The van der Waals surface area contributed by atoms with Gasteiger partial charge in [0.05, 0.1) is 0 Å². The van der Waals surface area contributed by atoms with E-state index in [-0.39, 0.29) is 0 Å². The van der Waals surface area contributed by atoms with E-state index in [9.17, 15) is 14.4 Å². The summed E-state index contributed by atoms with van der Waals surface area (Å²) >= 11 is 0. The van der Waals surface area contributed by atoms with Crippen LogP contribution in [0.1, 0.15) is 41.5 Å². The van der Waals surface area contributed by atoms with Gasteiger partial charge < -0.3 is 14.6 Å². The number of amides is 2. The summed E-state index contributed by atoms with van der Waals surface area (Å²) in [6.45, 7) is 8.82. The summed E-state index contributed by atoms with van der Waals surface area (Å²) in [4.78, 5) is 34.8. The molecule has 0 spiro atoms. The molecule has 0 radical (unpaired) electrons. The lowest BCUT2D eigenvalue weighted by Crippen LogP contribution is -2.51. The van der Waals surface area contributed by atoms with E-state index in [2.05, 4.69) is 0 Å². The number of nitrogens with one attached hydrogen (secondary N) is 2. The lowest BCUT2D eigenvalue weighted by Gasteiger charge is -2.27. The fourth-order valence-electron chi connectivity index (χ4n) is 1.15. The van der Waals surface area contributed by atoms with Crippen molar-refractivity contribution < 1.29 is 29.0 Å². The van der Waals surface area contributed by atoms with Crippen LogP contribution < -0.4 is 5.32 Å². The van der Waals surface area contributed by atoms with Crippen LogP contribution in [0.3, 0.4) is 0 Å². The first-order valence-electron chi connectivity index (χ1n) is 6.52. The third kappa shape index (κ3) is 8.77. The number of carboxylic acids is 1. The first-order valence-corrected chi connectivity index (χ1v) is 6.52. The van der Waals surface area contributed by atoms with Crippen LogP contribution in [0.5, 0.6) is 0 Å². The van der Waals surface area contributed by atoms with Crippen LogP contribution >= 0.6 is 0 Å². The quantitative estimate of drug-likeness (QED) is 0.526. The average Bonchev–Trinajstić information content (AvgIpc) is 2.19. The van der Waals surface area contributed by atoms with Crippen LogP contribution in [0.15, 0.2) is 0 Å². The molecule has 0 unspecified atom stereocenters. The number of ether oxygens (including phenoxy) is 2. The Morgan fingerprint density at radius 3 is 1.86 bits per heavy atom. The second kappa shape index (κ2) is 7.10. The predicted molar refractivity (Wildman–Crippen MR) is 77.7 cm³/mol.